The molecular formula is C35H32BrClN4O6. The minimum Gasteiger partial charge on any atom is -0.493 e. The molecule has 2 N–H and O–H groups in total. The van der Waals surface area contributed by atoms with Crippen LogP contribution in [0.1, 0.15) is 38.8 Å². The van der Waals surface area contributed by atoms with Gasteiger partial charge in [0, 0.05) is 32.8 Å². The summed E-state index contributed by atoms with van der Waals surface area (Å²) in [5.74, 6) is 0.749. The molecule has 47 heavy (non-hydrogen) atoms. The number of aromatic nitrogens is 1. The molecule has 2 amide bonds. The number of hydrogen-bond acceptors (Lipinski definition) is 7. The lowest BCUT2D eigenvalue weighted by Crippen LogP contribution is -2.21. The van der Waals surface area contributed by atoms with Crippen molar-refractivity contribution in [3.8, 4) is 22.9 Å². The van der Waals surface area contributed by atoms with Crippen LogP contribution in [0.2, 0.25) is 5.02 Å². The second-order valence-electron chi connectivity index (χ2n) is 10.5. The number of nitrogens with one attached hydrogen (secondary N) is 2. The molecule has 2 heterocycles. The first kappa shape index (κ1) is 33.4. The summed E-state index contributed by atoms with van der Waals surface area (Å²) in [5.41, 5.74) is 7.89. The summed E-state index contributed by atoms with van der Waals surface area (Å²) in [6, 6.07) is 24.1. The number of hydrogen-bond donors (Lipinski definition) is 2. The SMILES string of the molecule is COc1cc(/C=N/NC(=O)c2ccc(COc3ccc(-n4c(C)ccc4C)cc3)o2)c(Br)c(Cl)c1OCC(=O)Nc1ccccc1C. The maximum Gasteiger partial charge on any atom is 0.307 e. The molecule has 0 saturated heterocycles. The van der Waals surface area contributed by atoms with Gasteiger partial charge >= 0.3 is 5.91 Å². The van der Waals surface area contributed by atoms with Crippen molar-refractivity contribution in [3.63, 3.8) is 0 Å². The molecule has 0 atom stereocenters. The first-order valence-electron chi connectivity index (χ1n) is 14.5. The molecule has 242 valence electrons. The molecule has 0 aliphatic heterocycles. The molecule has 0 fully saturated rings. The minimum atomic E-state index is -0.553. The number of benzene rings is 3. The molecule has 5 rings (SSSR count). The van der Waals surface area contributed by atoms with E-state index in [1.54, 1.807) is 24.3 Å². The van der Waals surface area contributed by atoms with Gasteiger partial charge in [0.05, 0.1) is 13.3 Å². The van der Waals surface area contributed by atoms with E-state index in [4.69, 9.17) is 30.2 Å². The molecule has 0 radical (unpaired) electrons. The zero-order valence-corrected chi connectivity index (χ0v) is 28.4. The van der Waals surface area contributed by atoms with E-state index in [1.807, 2.05) is 49.4 Å². The first-order valence-corrected chi connectivity index (χ1v) is 15.7. The van der Waals surface area contributed by atoms with Crippen molar-refractivity contribution in [1.29, 1.82) is 0 Å². The Labute approximate surface area is 285 Å². The molecule has 0 aliphatic carbocycles. The number of halogens is 2. The lowest BCUT2D eigenvalue weighted by Gasteiger charge is -2.15. The Hall–Kier alpha value is -5.00. The highest BCUT2D eigenvalue weighted by atomic mass is 79.9. The zero-order chi connectivity index (χ0) is 33.5. The van der Waals surface area contributed by atoms with Crippen molar-refractivity contribution < 1.29 is 28.2 Å². The van der Waals surface area contributed by atoms with Crippen LogP contribution in [-0.2, 0) is 11.4 Å². The number of para-hydroxylation sites is 1. The van der Waals surface area contributed by atoms with Gasteiger partial charge in [0.25, 0.3) is 5.91 Å². The predicted octanol–water partition coefficient (Wildman–Crippen LogP) is 7.78. The van der Waals surface area contributed by atoms with Gasteiger partial charge in [0.15, 0.2) is 23.9 Å². The van der Waals surface area contributed by atoms with E-state index in [2.05, 4.69) is 62.3 Å². The van der Waals surface area contributed by atoms with Crippen LogP contribution in [0.4, 0.5) is 5.69 Å². The number of carbonyl (C=O) groups excluding carboxylic acids is 2. The molecule has 0 unspecified atom stereocenters. The topological polar surface area (TPSA) is 116 Å². The summed E-state index contributed by atoms with van der Waals surface area (Å²) < 4.78 is 25.2. The van der Waals surface area contributed by atoms with Crippen molar-refractivity contribution in [1.82, 2.24) is 9.99 Å². The molecule has 0 aliphatic rings. The summed E-state index contributed by atoms with van der Waals surface area (Å²) in [4.78, 5) is 25.2. The summed E-state index contributed by atoms with van der Waals surface area (Å²) in [6.45, 7) is 5.86. The van der Waals surface area contributed by atoms with Crippen LogP contribution in [0.5, 0.6) is 17.2 Å². The standard InChI is InChI=1S/C35H32BrClN4O6/c1-21-7-5-6-8-28(21)39-31(42)20-46-34-30(44-4)17-24(32(36)33(34)37)18-38-40-35(43)29-16-15-27(47-29)19-45-26-13-11-25(12-14-26)41-22(2)9-10-23(41)3/h5-18H,19-20H2,1-4H3,(H,39,42)(H,40,43)/b38-18+. The molecule has 3 aromatic carbocycles. The number of hydrazone groups is 1. The summed E-state index contributed by atoms with van der Waals surface area (Å²) in [7, 11) is 1.45. The van der Waals surface area contributed by atoms with Gasteiger partial charge in [-0.1, -0.05) is 29.8 Å². The van der Waals surface area contributed by atoms with Gasteiger partial charge in [0.1, 0.15) is 23.1 Å². The van der Waals surface area contributed by atoms with Crippen molar-refractivity contribution in [3.05, 3.63) is 122 Å². The number of amides is 2. The number of aryl methyl sites for hydroxylation is 3. The quantitative estimate of drug-likeness (QED) is 0.101. The first-order chi connectivity index (χ1) is 22.6. The number of nitrogens with zero attached hydrogens (tertiary/aromatic N) is 2. The maximum absolute atomic E-state index is 12.7. The normalized spacial score (nSPS) is 11.0. The number of anilines is 1. The van der Waals surface area contributed by atoms with Gasteiger partial charge in [-0.15, -0.1) is 0 Å². The van der Waals surface area contributed by atoms with Crippen molar-refractivity contribution >= 4 is 51.2 Å². The maximum atomic E-state index is 12.7. The second-order valence-corrected chi connectivity index (χ2v) is 11.6. The lowest BCUT2D eigenvalue weighted by molar-refractivity contribution is -0.118. The number of furan rings is 1. The van der Waals surface area contributed by atoms with E-state index in [9.17, 15) is 9.59 Å². The Morgan fingerprint density at radius 2 is 1.70 bits per heavy atom. The smallest absolute Gasteiger partial charge is 0.307 e. The van der Waals surface area contributed by atoms with Crippen LogP contribution in [0.25, 0.3) is 5.69 Å². The molecule has 2 aromatic heterocycles. The van der Waals surface area contributed by atoms with Gasteiger partial charge < -0.3 is 28.5 Å². The monoisotopic (exact) mass is 718 g/mol. The van der Waals surface area contributed by atoms with Gasteiger partial charge in [-0.25, -0.2) is 5.43 Å². The number of rotatable bonds is 12. The highest BCUT2D eigenvalue weighted by Gasteiger charge is 2.19. The Kier molecular flexibility index (Phi) is 10.7. The van der Waals surface area contributed by atoms with Gasteiger partial charge in [-0.05, 0) is 103 Å². The zero-order valence-electron chi connectivity index (χ0n) is 26.1. The van der Waals surface area contributed by atoms with Crippen LogP contribution in [-0.4, -0.2) is 36.3 Å². The number of carbonyl (C=O) groups is 2. The average Bonchev–Trinajstić information content (AvgIpc) is 3.68. The highest BCUT2D eigenvalue weighted by molar-refractivity contribution is 9.10. The Morgan fingerprint density at radius 3 is 2.40 bits per heavy atom. The number of methoxy groups -OCH3 is 1. The van der Waals surface area contributed by atoms with Crippen molar-refractivity contribution in [2.45, 2.75) is 27.4 Å². The van der Waals surface area contributed by atoms with Gasteiger partial charge in [-0.2, -0.15) is 5.10 Å². The molecule has 10 nitrogen and oxygen atoms in total. The van der Waals surface area contributed by atoms with E-state index in [0.717, 1.165) is 22.6 Å². The summed E-state index contributed by atoms with van der Waals surface area (Å²) in [6.07, 6.45) is 1.39. The van der Waals surface area contributed by atoms with Crippen molar-refractivity contribution in [2.24, 2.45) is 5.10 Å². The van der Waals surface area contributed by atoms with Crippen LogP contribution < -0.4 is 25.0 Å². The fourth-order valence-corrected chi connectivity index (χ4v) is 5.39. The molecule has 12 heteroatoms. The summed E-state index contributed by atoms with van der Waals surface area (Å²) in [5, 5.41) is 7.00. The van der Waals surface area contributed by atoms with Crippen LogP contribution in [0.3, 0.4) is 0 Å². The third-order valence-corrected chi connectivity index (χ3v) is 8.59. The summed E-state index contributed by atoms with van der Waals surface area (Å²) >= 11 is 9.98. The van der Waals surface area contributed by atoms with E-state index in [1.165, 1.54) is 13.3 Å². The Balaban J connectivity index is 1.15. The molecule has 5 aromatic rings. The van der Waals surface area contributed by atoms with E-state index < -0.39 is 5.91 Å². The highest BCUT2D eigenvalue weighted by Crippen LogP contribution is 2.42. The molecular weight excluding hydrogens is 688 g/mol. The number of ether oxygens (including phenoxy) is 3. The van der Waals surface area contributed by atoms with Gasteiger partial charge in [0.2, 0.25) is 0 Å². The molecule has 0 saturated carbocycles. The molecule has 0 spiro atoms. The molecule has 0 bridgehead atoms. The van der Waals surface area contributed by atoms with Crippen LogP contribution >= 0.6 is 27.5 Å². The van der Waals surface area contributed by atoms with E-state index >= 15 is 0 Å². The van der Waals surface area contributed by atoms with Crippen LogP contribution in [0, 0.1) is 20.8 Å². The Morgan fingerprint density at radius 1 is 0.979 bits per heavy atom. The Bertz CT molecular complexity index is 1910. The van der Waals surface area contributed by atoms with E-state index in [-0.39, 0.29) is 41.4 Å². The lowest BCUT2D eigenvalue weighted by atomic mass is 10.2. The predicted molar refractivity (Wildman–Crippen MR) is 184 cm³/mol. The largest absolute Gasteiger partial charge is 0.493 e. The van der Waals surface area contributed by atoms with Crippen molar-refractivity contribution in [2.75, 3.05) is 19.0 Å². The minimum absolute atomic E-state index is 0.0667. The average molecular weight is 720 g/mol. The second kappa shape index (κ2) is 15.1. The third-order valence-electron chi connectivity index (χ3n) is 7.14. The fraction of sp³-hybridized carbons (Fsp3) is 0.171. The fourth-order valence-electron chi connectivity index (χ4n) is 4.74. The third kappa shape index (κ3) is 8.05. The van der Waals surface area contributed by atoms with Crippen LogP contribution in [0.15, 0.2) is 92.9 Å². The van der Waals surface area contributed by atoms with Gasteiger partial charge in [-0.3, -0.25) is 9.59 Å². The van der Waals surface area contributed by atoms with E-state index in [0.29, 0.717) is 27.2 Å².